The van der Waals surface area contributed by atoms with Crippen LogP contribution in [0.3, 0.4) is 0 Å². The van der Waals surface area contributed by atoms with Crippen LogP contribution in [0.15, 0.2) is 24.5 Å². The number of nitrogens with zero attached hydrogens (tertiary/aromatic N) is 2. The molecule has 0 saturated carbocycles. The van der Waals surface area contributed by atoms with Crippen LogP contribution in [0.5, 0.6) is 0 Å². The van der Waals surface area contributed by atoms with E-state index in [1.807, 2.05) is 7.05 Å². The number of carbonyl (C=O) groups is 2. The fourth-order valence-electron chi connectivity index (χ4n) is 3.68. The lowest BCUT2D eigenvalue weighted by atomic mass is 9.87. The predicted octanol–water partition coefficient (Wildman–Crippen LogP) is 1.26. The van der Waals surface area contributed by atoms with Crippen molar-refractivity contribution >= 4 is 11.9 Å². The van der Waals surface area contributed by atoms with E-state index in [0.29, 0.717) is 18.0 Å². The molecule has 0 amide bonds. The largest absolute Gasteiger partial charge is 0.469 e. The molecule has 6 heteroatoms. The van der Waals surface area contributed by atoms with E-state index in [0.717, 1.165) is 12.8 Å². The number of aromatic nitrogens is 1. The van der Waals surface area contributed by atoms with Gasteiger partial charge in [-0.15, -0.1) is 0 Å². The molecule has 1 aromatic rings. The molecule has 2 bridgehead atoms. The van der Waals surface area contributed by atoms with Gasteiger partial charge < -0.3 is 9.47 Å². The Bertz CT molecular complexity index is 563. The fraction of sp³-hybridized carbons (Fsp3) is 0.562. The van der Waals surface area contributed by atoms with Crippen molar-refractivity contribution < 1.29 is 19.1 Å². The molecule has 3 rings (SSSR count). The van der Waals surface area contributed by atoms with Gasteiger partial charge in [0.1, 0.15) is 12.0 Å². The van der Waals surface area contributed by atoms with Gasteiger partial charge in [-0.1, -0.05) is 0 Å². The Labute approximate surface area is 129 Å². The molecule has 0 aromatic carbocycles. The maximum Gasteiger partial charge on any atom is 0.340 e. The fourth-order valence-corrected chi connectivity index (χ4v) is 3.68. The summed E-state index contributed by atoms with van der Waals surface area (Å²) in [6.07, 6.45) is 5.26. The normalized spacial score (nSPS) is 30.8. The molecule has 3 unspecified atom stereocenters. The number of carbonyl (C=O) groups excluding carboxylic acids is 2. The van der Waals surface area contributed by atoms with Crippen LogP contribution in [0.25, 0.3) is 0 Å². The van der Waals surface area contributed by atoms with Crippen LogP contribution in [-0.4, -0.2) is 54.2 Å². The summed E-state index contributed by atoms with van der Waals surface area (Å²) in [6.45, 7) is 0. The van der Waals surface area contributed by atoms with Crippen molar-refractivity contribution in [1.29, 1.82) is 0 Å². The molecular weight excluding hydrogens is 284 g/mol. The average molecular weight is 304 g/mol. The van der Waals surface area contributed by atoms with Gasteiger partial charge in [-0.05, 0) is 32.0 Å². The molecule has 0 aliphatic carbocycles. The van der Waals surface area contributed by atoms with E-state index in [2.05, 4.69) is 9.88 Å². The van der Waals surface area contributed by atoms with Crippen molar-refractivity contribution in [2.75, 3.05) is 14.2 Å². The van der Waals surface area contributed by atoms with E-state index in [1.165, 1.54) is 13.3 Å². The van der Waals surface area contributed by atoms with Crippen molar-refractivity contribution in [1.82, 2.24) is 9.88 Å². The first-order chi connectivity index (χ1) is 10.6. The number of pyridine rings is 1. The smallest absolute Gasteiger partial charge is 0.340 e. The maximum atomic E-state index is 12.3. The quantitative estimate of drug-likeness (QED) is 0.783. The van der Waals surface area contributed by atoms with Crippen molar-refractivity contribution in [3.8, 4) is 0 Å². The number of esters is 2. The van der Waals surface area contributed by atoms with Gasteiger partial charge in [0, 0.05) is 30.9 Å². The van der Waals surface area contributed by atoms with E-state index in [9.17, 15) is 9.59 Å². The van der Waals surface area contributed by atoms with Gasteiger partial charge in [0.2, 0.25) is 0 Å². The zero-order valence-electron chi connectivity index (χ0n) is 12.8. The molecule has 3 heterocycles. The minimum absolute atomic E-state index is 0.0814. The highest BCUT2D eigenvalue weighted by Crippen LogP contribution is 2.40. The van der Waals surface area contributed by atoms with Crippen LogP contribution in [0.2, 0.25) is 0 Å². The number of piperidine rings is 1. The van der Waals surface area contributed by atoms with E-state index < -0.39 is 18.0 Å². The molecule has 2 aliphatic heterocycles. The highest BCUT2D eigenvalue weighted by molar-refractivity contribution is 5.89. The Kier molecular flexibility index (Phi) is 4.11. The van der Waals surface area contributed by atoms with Crippen LogP contribution in [0.4, 0.5) is 0 Å². The summed E-state index contributed by atoms with van der Waals surface area (Å²) in [6, 6.07) is 3.79. The summed E-state index contributed by atoms with van der Waals surface area (Å²) in [5.41, 5.74) is 0.400. The number of methoxy groups -OCH3 is 1. The summed E-state index contributed by atoms with van der Waals surface area (Å²) in [7, 11) is 3.40. The summed E-state index contributed by atoms with van der Waals surface area (Å²) in [4.78, 5) is 30.6. The molecule has 2 fully saturated rings. The standard InChI is InChI=1S/C16H20N2O4/c1-18-11-5-6-12(18)14(16(20)21-2)13(8-11)22-15(19)10-4-3-7-17-9-10/h3-4,7,9,11-14H,5-6,8H2,1-2H3/t11?,12?,13-,14?/m0/s1. The zero-order valence-corrected chi connectivity index (χ0v) is 12.8. The van der Waals surface area contributed by atoms with E-state index in [1.54, 1.807) is 18.3 Å². The number of fused-ring (bicyclic) bond motifs is 2. The third-order valence-corrected chi connectivity index (χ3v) is 4.84. The average Bonchev–Trinajstić information content (AvgIpc) is 2.78. The minimum Gasteiger partial charge on any atom is -0.469 e. The molecule has 0 radical (unpaired) electrons. The lowest BCUT2D eigenvalue weighted by Crippen LogP contribution is -2.53. The molecule has 2 aliphatic rings. The highest BCUT2D eigenvalue weighted by Gasteiger charge is 2.50. The lowest BCUT2D eigenvalue weighted by molar-refractivity contribution is -0.156. The van der Waals surface area contributed by atoms with Gasteiger partial charge in [-0.25, -0.2) is 4.79 Å². The summed E-state index contributed by atoms with van der Waals surface area (Å²) in [5, 5.41) is 0. The van der Waals surface area contributed by atoms with Gasteiger partial charge >= 0.3 is 11.9 Å². The van der Waals surface area contributed by atoms with Crippen molar-refractivity contribution in [3.05, 3.63) is 30.1 Å². The Morgan fingerprint density at radius 2 is 2.18 bits per heavy atom. The topological polar surface area (TPSA) is 68.7 Å². The first-order valence-corrected chi connectivity index (χ1v) is 7.52. The Hall–Kier alpha value is -1.95. The Balaban J connectivity index is 1.79. The Morgan fingerprint density at radius 3 is 2.86 bits per heavy atom. The van der Waals surface area contributed by atoms with Crippen LogP contribution in [-0.2, 0) is 14.3 Å². The minimum atomic E-state index is -0.436. The van der Waals surface area contributed by atoms with Gasteiger partial charge in [-0.3, -0.25) is 14.7 Å². The summed E-state index contributed by atoms with van der Waals surface area (Å²) < 4.78 is 10.6. The summed E-state index contributed by atoms with van der Waals surface area (Å²) in [5.74, 6) is -1.16. The van der Waals surface area contributed by atoms with E-state index in [4.69, 9.17) is 9.47 Å². The van der Waals surface area contributed by atoms with Crippen LogP contribution in [0, 0.1) is 5.92 Å². The second kappa shape index (κ2) is 6.04. The molecular formula is C16H20N2O4. The molecule has 118 valence electrons. The number of hydrogen-bond acceptors (Lipinski definition) is 6. The second-order valence-corrected chi connectivity index (χ2v) is 5.93. The van der Waals surface area contributed by atoms with Crippen molar-refractivity contribution in [2.45, 2.75) is 37.5 Å². The maximum absolute atomic E-state index is 12.3. The molecule has 0 spiro atoms. The van der Waals surface area contributed by atoms with Crippen molar-refractivity contribution in [3.63, 3.8) is 0 Å². The SMILES string of the molecule is COC(=O)C1C2CCC(C[C@@H]1OC(=O)c1cccnc1)N2C. The van der Waals surface area contributed by atoms with Gasteiger partial charge in [0.25, 0.3) is 0 Å². The van der Waals surface area contributed by atoms with Gasteiger partial charge in [-0.2, -0.15) is 0 Å². The number of hydrogen-bond donors (Lipinski definition) is 0. The van der Waals surface area contributed by atoms with Crippen LogP contribution in [0.1, 0.15) is 29.6 Å². The second-order valence-electron chi connectivity index (χ2n) is 5.93. The van der Waals surface area contributed by atoms with Crippen LogP contribution < -0.4 is 0 Å². The molecule has 2 saturated heterocycles. The Morgan fingerprint density at radius 1 is 1.36 bits per heavy atom. The number of rotatable bonds is 3. The highest BCUT2D eigenvalue weighted by atomic mass is 16.6. The van der Waals surface area contributed by atoms with E-state index in [-0.39, 0.29) is 12.0 Å². The van der Waals surface area contributed by atoms with Gasteiger partial charge in [0.05, 0.1) is 12.7 Å². The van der Waals surface area contributed by atoms with Crippen LogP contribution >= 0.6 is 0 Å². The molecule has 1 aromatic heterocycles. The molecule has 22 heavy (non-hydrogen) atoms. The predicted molar refractivity (Wildman–Crippen MR) is 78.1 cm³/mol. The third kappa shape index (κ3) is 2.59. The summed E-state index contributed by atoms with van der Waals surface area (Å²) >= 11 is 0. The third-order valence-electron chi connectivity index (χ3n) is 4.84. The molecule has 4 atom stereocenters. The molecule has 0 N–H and O–H groups in total. The zero-order chi connectivity index (χ0) is 15.7. The monoisotopic (exact) mass is 304 g/mol. The first kappa shape index (κ1) is 15.0. The van der Waals surface area contributed by atoms with Gasteiger partial charge in [0.15, 0.2) is 0 Å². The lowest BCUT2D eigenvalue weighted by Gasteiger charge is -2.40. The first-order valence-electron chi connectivity index (χ1n) is 7.52. The van der Waals surface area contributed by atoms with E-state index >= 15 is 0 Å². The molecule has 6 nitrogen and oxygen atoms in total. The van der Waals surface area contributed by atoms with Crippen molar-refractivity contribution in [2.24, 2.45) is 5.92 Å². The number of ether oxygens (including phenoxy) is 2.